The van der Waals surface area contributed by atoms with E-state index in [4.69, 9.17) is 15.9 Å². The lowest BCUT2D eigenvalue weighted by molar-refractivity contribution is -0.167. The summed E-state index contributed by atoms with van der Waals surface area (Å²) in [6.07, 6.45) is 7.81. The molecule has 1 heterocycles. The van der Waals surface area contributed by atoms with Gasteiger partial charge in [-0.05, 0) is 62.7 Å². The number of hydrogen-bond donors (Lipinski definition) is 3. The second kappa shape index (κ2) is 11.7. The van der Waals surface area contributed by atoms with E-state index in [1.165, 1.54) is 18.2 Å². The Morgan fingerprint density at radius 2 is 2.08 bits per heavy atom. The summed E-state index contributed by atoms with van der Waals surface area (Å²) in [6.45, 7) is 3.33. The molecule has 1 aromatic rings. The van der Waals surface area contributed by atoms with Crippen LogP contribution in [0.4, 0.5) is 8.78 Å². The van der Waals surface area contributed by atoms with Crippen LogP contribution < -0.4 is 5.73 Å². The minimum absolute atomic E-state index is 0.00214. The SMILES string of the molecule is CC(C)(C#N)c1ccc(CCC2(C3CCCC3)CC(O)=C(CC(N)=NC(=N)C3=CC=C[C@H](F)C3)C(=O)O2)cc1F. The predicted molar refractivity (Wildman–Crippen MR) is 149 cm³/mol. The molecule has 1 fully saturated rings. The molecule has 2 aliphatic carbocycles. The summed E-state index contributed by atoms with van der Waals surface area (Å²) in [5.74, 6) is -1.44. The summed E-state index contributed by atoms with van der Waals surface area (Å²) < 4.78 is 34.6. The Labute approximate surface area is 233 Å². The molecule has 40 heavy (non-hydrogen) atoms. The maximum atomic E-state index is 14.9. The smallest absolute Gasteiger partial charge is 0.338 e. The van der Waals surface area contributed by atoms with Gasteiger partial charge in [-0.25, -0.2) is 18.6 Å². The summed E-state index contributed by atoms with van der Waals surface area (Å²) >= 11 is 0. The van der Waals surface area contributed by atoms with Gasteiger partial charge < -0.3 is 15.6 Å². The maximum absolute atomic E-state index is 14.9. The molecule has 0 bridgehead atoms. The van der Waals surface area contributed by atoms with Crippen molar-refractivity contribution in [2.24, 2.45) is 16.6 Å². The Morgan fingerprint density at radius 3 is 2.70 bits per heavy atom. The zero-order chi connectivity index (χ0) is 29.1. The van der Waals surface area contributed by atoms with E-state index in [1.54, 1.807) is 32.1 Å². The average molecular weight is 551 g/mol. The number of aryl methyl sites for hydroxylation is 1. The number of nitrogens with zero attached hydrogens (tertiary/aromatic N) is 2. The molecule has 9 heteroatoms. The molecule has 1 aromatic carbocycles. The Morgan fingerprint density at radius 1 is 1.35 bits per heavy atom. The Bertz CT molecular complexity index is 1350. The Kier molecular flexibility index (Phi) is 8.57. The van der Waals surface area contributed by atoms with E-state index in [1.807, 2.05) is 0 Å². The van der Waals surface area contributed by atoms with Crippen molar-refractivity contribution in [2.45, 2.75) is 88.8 Å². The van der Waals surface area contributed by atoms with E-state index in [9.17, 15) is 23.9 Å². The van der Waals surface area contributed by atoms with Crippen LogP contribution in [0, 0.1) is 28.5 Å². The predicted octanol–water partition coefficient (Wildman–Crippen LogP) is 6.20. The highest BCUT2D eigenvalue weighted by Gasteiger charge is 2.48. The van der Waals surface area contributed by atoms with Gasteiger partial charge in [0.25, 0.3) is 0 Å². The summed E-state index contributed by atoms with van der Waals surface area (Å²) in [5.41, 5.74) is 5.57. The van der Waals surface area contributed by atoms with Gasteiger partial charge >= 0.3 is 5.97 Å². The zero-order valence-electron chi connectivity index (χ0n) is 23.0. The van der Waals surface area contributed by atoms with Gasteiger partial charge in [0.1, 0.15) is 35.0 Å². The molecule has 0 spiro atoms. The Hall–Kier alpha value is -3.80. The number of carbonyl (C=O) groups is 1. The number of halogens is 2. The normalized spacial score (nSPS) is 24.1. The molecule has 2 atom stereocenters. The van der Waals surface area contributed by atoms with Gasteiger partial charge in [0, 0.05) is 24.8 Å². The fourth-order valence-corrected chi connectivity index (χ4v) is 5.87. The number of amidine groups is 2. The fraction of sp³-hybridized carbons (Fsp3) is 0.484. The molecule has 0 saturated heterocycles. The lowest BCUT2D eigenvalue weighted by Crippen LogP contribution is -2.46. The molecule has 1 unspecified atom stereocenters. The number of nitriles is 1. The highest BCUT2D eigenvalue weighted by molar-refractivity contribution is 6.06. The van der Waals surface area contributed by atoms with Crippen LogP contribution >= 0.6 is 0 Å². The van der Waals surface area contributed by atoms with Crippen LogP contribution in [0.2, 0.25) is 0 Å². The first-order valence-electron chi connectivity index (χ1n) is 13.7. The van der Waals surface area contributed by atoms with Crippen molar-refractivity contribution in [2.75, 3.05) is 0 Å². The van der Waals surface area contributed by atoms with Crippen molar-refractivity contribution in [1.29, 1.82) is 10.7 Å². The van der Waals surface area contributed by atoms with E-state index in [0.29, 0.717) is 24.0 Å². The van der Waals surface area contributed by atoms with Crippen LogP contribution in [0.1, 0.15) is 76.3 Å². The third kappa shape index (κ3) is 6.33. The minimum Gasteiger partial charge on any atom is -0.512 e. The number of ether oxygens (including phenoxy) is 1. The van der Waals surface area contributed by atoms with E-state index >= 15 is 0 Å². The topological polar surface area (TPSA) is 133 Å². The number of alkyl halides is 1. The van der Waals surface area contributed by atoms with Gasteiger partial charge in [-0.15, -0.1) is 0 Å². The minimum atomic E-state index is -1.20. The number of benzene rings is 1. The van der Waals surface area contributed by atoms with Crippen molar-refractivity contribution < 1.29 is 23.4 Å². The number of cyclic esters (lactones) is 1. The van der Waals surface area contributed by atoms with Gasteiger partial charge in [0.2, 0.25) is 0 Å². The lowest BCUT2D eigenvalue weighted by atomic mass is 9.76. The molecule has 0 amide bonds. The van der Waals surface area contributed by atoms with E-state index in [0.717, 1.165) is 31.2 Å². The van der Waals surface area contributed by atoms with Crippen LogP contribution in [-0.4, -0.2) is 34.5 Å². The van der Waals surface area contributed by atoms with Gasteiger partial charge in [-0.2, -0.15) is 5.26 Å². The Balaban J connectivity index is 1.52. The molecular weight excluding hydrogens is 514 g/mol. The first-order valence-corrected chi connectivity index (χ1v) is 13.7. The molecule has 0 radical (unpaired) electrons. The molecule has 4 rings (SSSR count). The zero-order valence-corrected chi connectivity index (χ0v) is 23.0. The van der Waals surface area contributed by atoms with Crippen molar-refractivity contribution in [1.82, 2.24) is 0 Å². The molecule has 3 aliphatic rings. The summed E-state index contributed by atoms with van der Waals surface area (Å²) in [7, 11) is 0. The van der Waals surface area contributed by atoms with E-state index < -0.39 is 29.0 Å². The monoisotopic (exact) mass is 550 g/mol. The number of nitrogens with two attached hydrogens (primary N) is 1. The molecule has 1 aliphatic heterocycles. The molecule has 1 saturated carbocycles. The van der Waals surface area contributed by atoms with Crippen LogP contribution in [0.3, 0.4) is 0 Å². The number of aliphatic imine (C=N–C) groups is 1. The number of rotatable bonds is 8. The number of aliphatic hydroxyl groups excluding tert-OH is 1. The quantitative estimate of drug-likeness (QED) is 0.201. The second-order valence-corrected chi connectivity index (χ2v) is 11.5. The maximum Gasteiger partial charge on any atom is 0.338 e. The van der Waals surface area contributed by atoms with Crippen LogP contribution in [-0.2, 0) is 21.4 Å². The third-order valence-electron chi connectivity index (χ3n) is 8.23. The first kappa shape index (κ1) is 29.2. The largest absolute Gasteiger partial charge is 0.512 e. The fourth-order valence-electron chi connectivity index (χ4n) is 5.87. The summed E-state index contributed by atoms with van der Waals surface area (Å²) in [5, 5.41) is 28.6. The summed E-state index contributed by atoms with van der Waals surface area (Å²) in [6, 6.07) is 6.97. The van der Waals surface area contributed by atoms with E-state index in [2.05, 4.69) is 11.1 Å². The second-order valence-electron chi connectivity index (χ2n) is 11.5. The molecular formula is C31H36F2N4O3. The van der Waals surface area contributed by atoms with Crippen molar-refractivity contribution in [3.63, 3.8) is 0 Å². The number of esters is 1. The van der Waals surface area contributed by atoms with Crippen molar-refractivity contribution >= 4 is 17.6 Å². The van der Waals surface area contributed by atoms with Crippen molar-refractivity contribution in [3.05, 3.63) is 70.3 Å². The summed E-state index contributed by atoms with van der Waals surface area (Å²) in [4.78, 5) is 17.3. The average Bonchev–Trinajstić information content (AvgIpc) is 3.45. The molecule has 4 N–H and O–H groups in total. The number of allylic oxidation sites excluding steroid dienone is 3. The molecule has 0 aromatic heterocycles. The van der Waals surface area contributed by atoms with Gasteiger partial charge in [0.15, 0.2) is 0 Å². The first-order chi connectivity index (χ1) is 18.9. The molecule has 7 nitrogen and oxygen atoms in total. The van der Waals surface area contributed by atoms with Gasteiger partial charge in [-0.3, -0.25) is 5.41 Å². The number of carbonyl (C=O) groups excluding carboxylic acids is 1. The van der Waals surface area contributed by atoms with Crippen LogP contribution in [0.5, 0.6) is 0 Å². The van der Waals surface area contributed by atoms with Gasteiger partial charge in [0.05, 0.1) is 17.1 Å². The standard InChI is InChI=1S/C31H36F2N4O3/c1-30(2,18-34)24-11-10-19(14-25(24)33)12-13-31(21-7-3-4-8-21)17-26(38)23(29(39)40-31)16-27(35)37-28(36)20-6-5-9-22(32)15-20/h5-6,9-11,14,21-22,38H,3-4,7-8,12-13,15-17H2,1-2H3,(H3,35,36,37)/t22-,31?/m0/s1. The third-order valence-corrected chi connectivity index (χ3v) is 8.23. The van der Waals surface area contributed by atoms with Crippen LogP contribution in [0.25, 0.3) is 0 Å². The lowest BCUT2D eigenvalue weighted by Gasteiger charge is -2.42. The highest BCUT2D eigenvalue weighted by atomic mass is 19.1. The molecule has 212 valence electrons. The highest BCUT2D eigenvalue weighted by Crippen LogP contribution is 2.46. The van der Waals surface area contributed by atoms with Crippen molar-refractivity contribution in [3.8, 4) is 6.07 Å². The van der Waals surface area contributed by atoms with Crippen LogP contribution in [0.15, 0.2) is 58.3 Å². The number of aliphatic hydroxyl groups is 1. The van der Waals surface area contributed by atoms with E-state index in [-0.39, 0.29) is 48.2 Å². The number of nitrogens with one attached hydrogen (secondary N) is 1. The van der Waals surface area contributed by atoms with Gasteiger partial charge in [-0.1, -0.05) is 43.2 Å². The number of hydrogen-bond acceptors (Lipinski definition) is 5.